The van der Waals surface area contributed by atoms with E-state index < -0.39 is 27.4 Å². The van der Waals surface area contributed by atoms with Crippen LogP contribution >= 0.6 is 0 Å². The summed E-state index contributed by atoms with van der Waals surface area (Å²) in [5, 5.41) is 13.5. The third kappa shape index (κ3) is 2.57. The highest BCUT2D eigenvalue weighted by molar-refractivity contribution is 7.89. The molecule has 118 valence electrons. The molecule has 1 saturated carbocycles. The third-order valence-corrected chi connectivity index (χ3v) is 6.18. The van der Waals surface area contributed by atoms with Crippen molar-refractivity contribution in [2.24, 2.45) is 12.5 Å². The number of nitrogens with zero attached hydrogens (tertiary/aromatic N) is 2. The minimum absolute atomic E-state index is 0.143. The number of hydrogen-bond acceptors (Lipinski definition) is 4. The van der Waals surface area contributed by atoms with Crippen molar-refractivity contribution in [1.29, 1.82) is 0 Å². The van der Waals surface area contributed by atoms with Gasteiger partial charge in [0, 0.05) is 13.1 Å². The summed E-state index contributed by atoms with van der Waals surface area (Å²) in [4.78, 5) is 11.6. The lowest BCUT2D eigenvalue weighted by Gasteiger charge is -2.27. The van der Waals surface area contributed by atoms with Gasteiger partial charge in [-0.1, -0.05) is 6.42 Å². The van der Waals surface area contributed by atoms with Gasteiger partial charge in [0.1, 0.15) is 4.90 Å². The molecule has 1 aromatic rings. The Bertz CT molecular complexity index is 680. The molecule has 0 spiro atoms. The summed E-state index contributed by atoms with van der Waals surface area (Å²) in [6.07, 6.45) is 1.70. The van der Waals surface area contributed by atoms with Crippen molar-refractivity contribution in [3.63, 3.8) is 0 Å². The van der Waals surface area contributed by atoms with Crippen molar-refractivity contribution >= 4 is 16.0 Å². The van der Waals surface area contributed by atoms with Crippen LogP contribution in [0, 0.1) is 19.3 Å². The molecule has 2 N–H and O–H groups in total. The summed E-state index contributed by atoms with van der Waals surface area (Å²) in [5.41, 5.74) is -0.107. The van der Waals surface area contributed by atoms with Crippen LogP contribution in [0.3, 0.4) is 0 Å². The van der Waals surface area contributed by atoms with Crippen molar-refractivity contribution in [2.75, 3.05) is 0 Å². The minimum atomic E-state index is -3.79. The maximum Gasteiger partial charge on any atom is 0.310 e. The second kappa shape index (κ2) is 5.10. The predicted molar refractivity (Wildman–Crippen MR) is 76.4 cm³/mol. The summed E-state index contributed by atoms with van der Waals surface area (Å²) in [6.45, 7) is 4.91. The molecular formula is C13H21N3O4S. The lowest BCUT2D eigenvalue weighted by molar-refractivity contribution is -0.148. The zero-order valence-electron chi connectivity index (χ0n) is 12.7. The van der Waals surface area contributed by atoms with Crippen LogP contribution in [0.15, 0.2) is 4.90 Å². The van der Waals surface area contributed by atoms with Crippen molar-refractivity contribution in [3.8, 4) is 0 Å². The van der Waals surface area contributed by atoms with Gasteiger partial charge in [-0.2, -0.15) is 5.10 Å². The number of rotatable bonds is 4. The molecule has 0 aliphatic heterocycles. The van der Waals surface area contributed by atoms with E-state index in [-0.39, 0.29) is 4.90 Å². The number of aryl methyl sites for hydroxylation is 2. The monoisotopic (exact) mass is 315 g/mol. The number of carboxylic acids is 1. The molecule has 0 saturated heterocycles. The molecular weight excluding hydrogens is 294 g/mol. The van der Waals surface area contributed by atoms with Gasteiger partial charge in [-0.15, -0.1) is 0 Å². The van der Waals surface area contributed by atoms with Gasteiger partial charge in [-0.25, -0.2) is 13.1 Å². The summed E-state index contributed by atoms with van der Waals surface area (Å²) in [5.74, 6) is -0.965. The maximum absolute atomic E-state index is 12.6. The lowest BCUT2D eigenvalue weighted by atomic mass is 9.85. The van der Waals surface area contributed by atoms with Gasteiger partial charge in [-0.3, -0.25) is 9.48 Å². The van der Waals surface area contributed by atoms with Gasteiger partial charge < -0.3 is 5.11 Å². The van der Waals surface area contributed by atoms with E-state index in [1.807, 2.05) is 0 Å². The van der Waals surface area contributed by atoms with Crippen LogP contribution in [0.25, 0.3) is 0 Å². The van der Waals surface area contributed by atoms with Crippen LogP contribution in [0.5, 0.6) is 0 Å². The van der Waals surface area contributed by atoms with Crippen LogP contribution in [-0.2, 0) is 21.9 Å². The minimum Gasteiger partial charge on any atom is -0.481 e. The molecule has 0 aromatic carbocycles. The Morgan fingerprint density at radius 2 is 2.10 bits per heavy atom. The zero-order chi connectivity index (χ0) is 16.0. The number of hydrogen-bond donors (Lipinski definition) is 2. The van der Waals surface area contributed by atoms with Crippen LogP contribution in [0.1, 0.15) is 37.6 Å². The Kier molecular flexibility index (Phi) is 3.88. The summed E-state index contributed by atoms with van der Waals surface area (Å²) >= 11 is 0. The predicted octanol–water partition coefficient (Wildman–Crippen LogP) is 0.959. The molecule has 1 heterocycles. The highest BCUT2D eigenvalue weighted by Gasteiger charge is 2.47. The normalized spacial score (nSPS) is 26.2. The topological polar surface area (TPSA) is 101 Å². The van der Waals surface area contributed by atoms with Gasteiger partial charge in [0.05, 0.1) is 16.8 Å². The molecule has 1 aromatic heterocycles. The molecule has 7 nitrogen and oxygen atoms in total. The standard InChI is InChI=1S/C13H21N3O4S/c1-8-11(9(2)16(4)14-8)21(19,20)15-10-6-5-7-13(10,3)12(17)18/h10,15H,5-7H2,1-4H3,(H,17,18). The van der Waals surface area contributed by atoms with E-state index in [4.69, 9.17) is 0 Å². The quantitative estimate of drug-likeness (QED) is 0.861. The molecule has 1 aliphatic carbocycles. The smallest absolute Gasteiger partial charge is 0.310 e. The molecule has 0 bridgehead atoms. The van der Waals surface area contributed by atoms with E-state index in [2.05, 4.69) is 9.82 Å². The first kappa shape index (κ1) is 16.0. The van der Waals surface area contributed by atoms with Crippen molar-refractivity contribution in [1.82, 2.24) is 14.5 Å². The molecule has 0 radical (unpaired) electrons. The second-order valence-electron chi connectivity index (χ2n) is 5.91. The largest absolute Gasteiger partial charge is 0.481 e. The fourth-order valence-corrected chi connectivity index (χ4v) is 4.82. The fourth-order valence-electron chi connectivity index (χ4n) is 3.00. The van der Waals surface area contributed by atoms with Crippen LogP contribution in [-0.4, -0.2) is 35.3 Å². The average Bonchev–Trinajstić information content (AvgIpc) is 2.82. The summed E-state index contributed by atoms with van der Waals surface area (Å²) < 4.78 is 29.3. The number of carboxylic acid groups (broad SMARTS) is 1. The highest BCUT2D eigenvalue weighted by Crippen LogP contribution is 2.39. The number of sulfonamides is 1. The second-order valence-corrected chi connectivity index (χ2v) is 7.56. The Labute approximate surface area is 124 Å². The summed E-state index contributed by atoms with van der Waals surface area (Å²) in [7, 11) is -2.11. The highest BCUT2D eigenvalue weighted by atomic mass is 32.2. The molecule has 2 unspecified atom stereocenters. The Morgan fingerprint density at radius 3 is 2.57 bits per heavy atom. The molecule has 1 aliphatic rings. The van der Waals surface area contributed by atoms with E-state index in [9.17, 15) is 18.3 Å². The molecule has 2 atom stereocenters. The van der Waals surface area contributed by atoms with Crippen molar-refractivity contribution < 1.29 is 18.3 Å². The maximum atomic E-state index is 12.6. The first-order valence-corrected chi connectivity index (χ1v) is 8.34. The van der Waals surface area contributed by atoms with E-state index in [1.165, 1.54) is 4.68 Å². The Hall–Kier alpha value is -1.41. The molecule has 21 heavy (non-hydrogen) atoms. The SMILES string of the molecule is Cc1nn(C)c(C)c1S(=O)(=O)NC1CCCC1(C)C(=O)O. The van der Waals surface area contributed by atoms with Crippen molar-refractivity contribution in [2.45, 2.75) is 51.0 Å². The third-order valence-electron chi connectivity index (χ3n) is 4.46. The van der Waals surface area contributed by atoms with Crippen LogP contribution < -0.4 is 4.72 Å². The van der Waals surface area contributed by atoms with Crippen LogP contribution in [0.4, 0.5) is 0 Å². The lowest BCUT2D eigenvalue weighted by Crippen LogP contribution is -2.47. The zero-order valence-corrected chi connectivity index (χ0v) is 13.5. The van der Waals surface area contributed by atoms with Gasteiger partial charge in [0.2, 0.25) is 10.0 Å². The van der Waals surface area contributed by atoms with E-state index >= 15 is 0 Å². The first-order chi connectivity index (χ1) is 9.59. The number of aliphatic carboxylic acids is 1. The number of carbonyl (C=O) groups is 1. The van der Waals surface area contributed by atoms with Gasteiger partial charge in [0.15, 0.2) is 0 Å². The van der Waals surface area contributed by atoms with E-state index in [0.717, 1.165) is 0 Å². The number of aromatic nitrogens is 2. The van der Waals surface area contributed by atoms with E-state index in [0.29, 0.717) is 30.7 Å². The van der Waals surface area contributed by atoms with E-state index in [1.54, 1.807) is 27.8 Å². The molecule has 0 amide bonds. The Morgan fingerprint density at radius 1 is 1.48 bits per heavy atom. The van der Waals surface area contributed by atoms with Gasteiger partial charge >= 0.3 is 5.97 Å². The molecule has 1 fully saturated rings. The van der Waals surface area contributed by atoms with Crippen molar-refractivity contribution in [3.05, 3.63) is 11.4 Å². The Balaban J connectivity index is 2.36. The summed E-state index contributed by atoms with van der Waals surface area (Å²) in [6, 6.07) is -0.598. The average molecular weight is 315 g/mol. The van der Waals surface area contributed by atoms with Gasteiger partial charge in [-0.05, 0) is 33.6 Å². The first-order valence-electron chi connectivity index (χ1n) is 6.85. The molecule has 2 rings (SSSR count). The molecule has 8 heteroatoms. The van der Waals surface area contributed by atoms with Crippen LogP contribution in [0.2, 0.25) is 0 Å². The number of nitrogens with one attached hydrogen (secondary N) is 1. The fraction of sp³-hybridized carbons (Fsp3) is 0.692. The van der Waals surface area contributed by atoms with Gasteiger partial charge in [0.25, 0.3) is 0 Å².